The third-order valence-corrected chi connectivity index (χ3v) is 4.06. The van der Waals surface area contributed by atoms with Gasteiger partial charge in [-0.05, 0) is 23.0 Å². The van der Waals surface area contributed by atoms with Crippen molar-refractivity contribution in [3.05, 3.63) is 63.7 Å². The molecule has 0 spiro atoms. The van der Waals surface area contributed by atoms with Crippen LogP contribution in [0.25, 0.3) is 6.08 Å². The van der Waals surface area contributed by atoms with Gasteiger partial charge < -0.3 is 5.11 Å². The van der Waals surface area contributed by atoms with Crippen LogP contribution in [0.4, 0.5) is 0 Å². The number of carbonyl (C=O) groups is 2. The maximum Gasteiger partial charge on any atom is 0.353 e. The van der Waals surface area contributed by atoms with Crippen molar-refractivity contribution < 1.29 is 14.7 Å². The maximum absolute atomic E-state index is 12.3. The molecule has 2 aliphatic rings. The highest BCUT2D eigenvalue weighted by Crippen LogP contribution is 2.28. The van der Waals surface area contributed by atoms with Gasteiger partial charge in [-0.3, -0.25) is 9.69 Å². The summed E-state index contributed by atoms with van der Waals surface area (Å²) in [5, 5.41) is 12.3. The monoisotopic (exact) mass is 299 g/mol. The Morgan fingerprint density at radius 3 is 2.86 bits per heavy atom. The summed E-state index contributed by atoms with van der Waals surface area (Å²) in [6.45, 7) is 0. The minimum Gasteiger partial charge on any atom is -0.477 e. The molecule has 1 aliphatic heterocycles. The van der Waals surface area contributed by atoms with Crippen molar-refractivity contribution in [2.24, 2.45) is 0 Å². The van der Waals surface area contributed by atoms with E-state index in [2.05, 4.69) is 0 Å². The van der Waals surface area contributed by atoms with E-state index < -0.39 is 5.97 Å². The van der Waals surface area contributed by atoms with Crippen LogP contribution in [0, 0.1) is 0 Å². The lowest BCUT2D eigenvalue weighted by Crippen LogP contribution is -2.30. The molecule has 0 fully saturated rings. The zero-order valence-corrected chi connectivity index (χ0v) is 12.0. The van der Waals surface area contributed by atoms with Crippen molar-refractivity contribution in [3.63, 3.8) is 0 Å². The van der Waals surface area contributed by atoms with Gasteiger partial charge in [0.15, 0.2) is 0 Å². The molecule has 0 atom stereocenters. The maximum atomic E-state index is 12.3. The molecule has 0 unspecified atom stereocenters. The first-order valence-corrected chi connectivity index (χ1v) is 7.44. The fourth-order valence-electron chi connectivity index (χ4n) is 2.45. The standard InChI is InChI=1S/C16H13NO3S/c18-15(17-5-6-21-10-14(17)16(19)20)9-11-7-12-3-1-2-4-13(12)8-11/h1-7,10H,8-9H2,(H,19,20). The van der Waals surface area contributed by atoms with E-state index in [-0.39, 0.29) is 18.0 Å². The first-order chi connectivity index (χ1) is 10.1. The van der Waals surface area contributed by atoms with E-state index in [1.54, 1.807) is 5.41 Å². The Kier molecular flexibility index (Phi) is 3.66. The van der Waals surface area contributed by atoms with E-state index in [1.807, 2.05) is 30.3 Å². The van der Waals surface area contributed by atoms with E-state index in [0.717, 1.165) is 17.6 Å². The van der Waals surface area contributed by atoms with Crippen molar-refractivity contribution in [2.45, 2.75) is 12.8 Å². The lowest BCUT2D eigenvalue weighted by atomic mass is 10.1. The van der Waals surface area contributed by atoms with Crippen LogP contribution >= 0.6 is 11.8 Å². The Hall–Kier alpha value is -2.27. The van der Waals surface area contributed by atoms with Gasteiger partial charge in [-0.2, -0.15) is 0 Å². The molecule has 21 heavy (non-hydrogen) atoms. The average molecular weight is 299 g/mol. The van der Waals surface area contributed by atoms with Crippen molar-refractivity contribution in [3.8, 4) is 0 Å². The number of fused-ring (bicyclic) bond motifs is 1. The van der Waals surface area contributed by atoms with Gasteiger partial charge in [-0.25, -0.2) is 4.79 Å². The first kappa shape index (κ1) is 13.7. The third kappa shape index (κ3) is 2.78. The summed E-state index contributed by atoms with van der Waals surface area (Å²) < 4.78 is 0. The Morgan fingerprint density at radius 1 is 1.29 bits per heavy atom. The number of nitrogens with zero attached hydrogens (tertiary/aromatic N) is 1. The second-order valence-corrected chi connectivity index (χ2v) is 5.63. The van der Waals surface area contributed by atoms with Gasteiger partial charge in [-0.15, -0.1) is 11.8 Å². The molecular weight excluding hydrogens is 286 g/mol. The zero-order valence-electron chi connectivity index (χ0n) is 11.2. The fourth-order valence-corrected chi connectivity index (χ4v) is 3.07. The Balaban J connectivity index is 1.73. The van der Waals surface area contributed by atoms with Gasteiger partial charge >= 0.3 is 5.97 Å². The first-order valence-electron chi connectivity index (χ1n) is 6.50. The Morgan fingerprint density at radius 2 is 2.10 bits per heavy atom. The predicted octanol–water partition coefficient (Wildman–Crippen LogP) is 2.99. The van der Waals surface area contributed by atoms with Gasteiger partial charge in [0.2, 0.25) is 5.91 Å². The van der Waals surface area contributed by atoms with Crippen molar-refractivity contribution in [1.29, 1.82) is 0 Å². The van der Waals surface area contributed by atoms with E-state index in [4.69, 9.17) is 5.11 Å². The van der Waals surface area contributed by atoms with Crippen LogP contribution in [0.1, 0.15) is 17.5 Å². The zero-order chi connectivity index (χ0) is 14.8. The number of thioether (sulfide) groups is 1. The molecule has 1 aromatic carbocycles. The molecule has 1 amide bonds. The number of benzene rings is 1. The second-order valence-electron chi connectivity index (χ2n) is 4.85. The van der Waals surface area contributed by atoms with Gasteiger partial charge in [0.1, 0.15) is 5.70 Å². The topological polar surface area (TPSA) is 57.6 Å². The van der Waals surface area contributed by atoms with Gasteiger partial charge in [0.05, 0.1) is 0 Å². The van der Waals surface area contributed by atoms with Crippen molar-refractivity contribution >= 4 is 29.7 Å². The summed E-state index contributed by atoms with van der Waals surface area (Å²) in [4.78, 5) is 24.7. The largest absolute Gasteiger partial charge is 0.477 e. The molecule has 1 aromatic rings. The molecular formula is C16H13NO3S. The number of carbonyl (C=O) groups excluding carboxylic acids is 1. The highest BCUT2D eigenvalue weighted by atomic mass is 32.2. The summed E-state index contributed by atoms with van der Waals surface area (Å²) in [7, 11) is 0. The van der Waals surface area contributed by atoms with Crippen LogP contribution in [0.2, 0.25) is 0 Å². The molecule has 4 nitrogen and oxygen atoms in total. The number of carboxylic acids is 1. The van der Waals surface area contributed by atoms with Crippen LogP contribution in [-0.2, 0) is 16.0 Å². The van der Waals surface area contributed by atoms with Gasteiger partial charge in [0.25, 0.3) is 0 Å². The van der Waals surface area contributed by atoms with Crippen LogP contribution in [0.15, 0.2) is 52.6 Å². The molecule has 1 N–H and O–H groups in total. The lowest BCUT2D eigenvalue weighted by Gasteiger charge is -2.21. The third-order valence-electron chi connectivity index (χ3n) is 3.43. The van der Waals surface area contributed by atoms with Gasteiger partial charge in [0, 0.05) is 18.0 Å². The molecule has 0 bridgehead atoms. The molecule has 0 saturated heterocycles. The summed E-state index contributed by atoms with van der Waals surface area (Å²) >= 11 is 1.25. The molecule has 0 radical (unpaired) electrons. The summed E-state index contributed by atoms with van der Waals surface area (Å²) in [5.41, 5.74) is 3.36. The van der Waals surface area contributed by atoms with Crippen LogP contribution in [0.5, 0.6) is 0 Å². The summed E-state index contributed by atoms with van der Waals surface area (Å²) in [6.07, 6.45) is 4.51. The Bertz CT molecular complexity index is 703. The van der Waals surface area contributed by atoms with E-state index >= 15 is 0 Å². The number of carboxylic acid groups (broad SMARTS) is 1. The highest BCUT2D eigenvalue weighted by Gasteiger charge is 2.25. The number of amides is 1. The average Bonchev–Trinajstić information content (AvgIpc) is 2.89. The van der Waals surface area contributed by atoms with Crippen LogP contribution < -0.4 is 0 Å². The quantitative estimate of drug-likeness (QED) is 0.932. The normalized spacial score (nSPS) is 16.3. The summed E-state index contributed by atoms with van der Waals surface area (Å²) in [5.74, 6) is -1.32. The molecule has 0 aromatic heterocycles. The summed E-state index contributed by atoms with van der Waals surface area (Å²) in [6, 6.07) is 8.01. The fraction of sp³-hybridized carbons (Fsp3) is 0.125. The number of aliphatic carboxylic acids is 1. The number of hydrogen-bond acceptors (Lipinski definition) is 3. The molecule has 1 heterocycles. The van der Waals surface area contributed by atoms with Gasteiger partial charge in [-0.1, -0.05) is 35.9 Å². The predicted molar refractivity (Wildman–Crippen MR) is 82.0 cm³/mol. The molecule has 106 valence electrons. The second kappa shape index (κ2) is 5.61. The SMILES string of the molecule is O=C(O)C1=CSC=CN1C(=O)CC1=Cc2ccccc2C1. The van der Waals surface area contributed by atoms with E-state index in [1.165, 1.54) is 33.8 Å². The van der Waals surface area contributed by atoms with Crippen molar-refractivity contribution in [2.75, 3.05) is 0 Å². The lowest BCUT2D eigenvalue weighted by molar-refractivity contribution is -0.138. The minimum atomic E-state index is -1.09. The van der Waals surface area contributed by atoms with E-state index in [9.17, 15) is 9.59 Å². The minimum absolute atomic E-state index is 0.00334. The Labute approximate surface area is 126 Å². The van der Waals surface area contributed by atoms with Crippen molar-refractivity contribution in [1.82, 2.24) is 4.90 Å². The molecule has 3 rings (SSSR count). The van der Waals surface area contributed by atoms with Crippen LogP contribution in [0.3, 0.4) is 0 Å². The number of hydrogen-bond donors (Lipinski definition) is 1. The smallest absolute Gasteiger partial charge is 0.353 e. The highest BCUT2D eigenvalue weighted by molar-refractivity contribution is 8.05. The number of rotatable bonds is 3. The van der Waals surface area contributed by atoms with Crippen LogP contribution in [-0.4, -0.2) is 21.9 Å². The molecule has 5 heteroatoms. The molecule has 1 aliphatic carbocycles. The van der Waals surface area contributed by atoms with E-state index in [0.29, 0.717) is 0 Å². The molecule has 0 saturated carbocycles.